The molecule has 1 saturated heterocycles. The number of rotatable bonds is 4. The molecule has 1 aliphatic rings. The van der Waals surface area contributed by atoms with Crippen LogP contribution in [-0.2, 0) is 9.31 Å². The van der Waals surface area contributed by atoms with Gasteiger partial charge in [-0.05, 0) is 44.6 Å². The van der Waals surface area contributed by atoms with Crippen molar-refractivity contribution in [2.45, 2.75) is 52.7 Å². The van der Waals surface area contributed by atoms with Crippen LogP contribution in [0.1, 0.15) is 47.1 Å². The van der Waals surface area contributed by atoms with Gasteiger partial charge in [-0.3, -0.25) is 0 Å². The quantitative estimate of drug-likeness (QED) is 0.612. The highest BCUT2D eigenvalue weighted by Gasteiger charge is 2.51. The van der Waals surface area contributed by atoms with Gasteiger partial charge in [-0.25, -0.2) is 0 Å². The molecule has 2 nitrogen and oxygen atoms in total. The van der Waals surface area contributed by atoms with Crippen LogP contribution in [0.25, 0.3) is 6.08 Å². The molecule has 0 aromatic heterocycles. The van der Waals surface area contributed by atoms with E-state index < -0.39 is 0 Å². The maximum atomic E-state index is 6.06. The van der Waals surface area contributed by atoms with Crippen LogP contribution in [0.3, 0.4) is 0 Å². The Labute approximate surface area is 135 Å². The maximum absolute atomic E-state index is 6.06. The van der Waals surface area contributed by atoms with Gasteiger partial charge in [0.15, 0.2) is 0 Å². The third-order valence-corrected chi connectivity index (χ3v) is 4.36. The van der Waals surface area contributed by atoms with E-state index >= 15 is 0 Å². The number of hydrogen-bond acceptors (Lipinski definition) is 2. The molecule has 1 aromatic rings. The van der Waals surface area contributed by atoms with Crippen molar-refractivity contribution in [1.29, 1.82) is 0 Å². The van der Waals surface area contributed by atoms with Gasteiger partial charge < -0.3 is 9.31 Å². The van der Waals surface area contributed by atoms with E-state index in [1.807, 2.05) is 0 Å². The molecule has 0 unspecified atom stereocenters. The summed E-state index contributed by atoms with van der Waals surface area (Å²) in [5.74, 6) is 0.579. The van der Waals surface area contributed by atoms with E-state index in [1.54, 1.807) is 0 Å². The van der Waals surface area contributed by atoms with E-state index in [0.717, 1.165) is 5.46 Å². The lowest BCUT2D eigenvalue weighted by Gasteiger charge is -2.32. The van der Waals surface area contributed by atoms with Gasteiger partial charge in [0.1, 0.15) is 0 Å². The average molecular weight is 298 g/mol. The molecule has 118 valence electrons. The van der Waals surface area contributed by atoms with Crippen LogP contribution < -0.4 is 5.46 Å². The van der Waals surface area contributed by atoms with Gasteiger partial charge in [0.25, 0.3) is 0 Å². The molecule has 0 atom stereocenters. The smallest absolute Gasteiger partial charge is 0.399 e. The molecule has 22 heavy (non-hydrogen) atoms. The molecule has 0 radical (unpaired) electrons. The SMILES string of the molecule is CC(C)/C=C/C=C/c1ccc(B2OC(C)(C)C(C)(C)O2)cc1. The summed E-state index contributed by atoms with van der Waals surface area (Å²) >= 11 is 0. The summed E-state index contributed by atoms with van der Waals surface area (Å²) in [5, 5.41) is 0. The van der Waals surface area contributed by atoms with Crippen molar-refractivity contribution in [3.05, 3.63) is 48.1 Å². The Balaban J connectivity index is 2.04. The molecule has 1 aromatic carbocycles. The molecule has 0 amide bonds. The third-order valence-electron chi connectivity index (χ3n) is 4.36. The second-order valence-electron chi connectivity index (χ2n) is 7.24. The Morgan fingerprint density at radius 3 is 1.95 bits per heavy atom. The topological polar surface area (TPSA) is 18.5 Å². The van der Waals surface area contributed by atoms with E-state index in [2.05, 4.69) is 90.1 Å². The first-order chi connectivity index (χ1) is 10.2. The van der Waals surface area contributed by atoms with Gasteiger partial charge in [-0.1, -0.05) is 62.4 Å². The number of hydrogen-bond donors (Lipinski definition) is 0. The fraction of sp³-hybridized carbons (Fsp3) is 0.474. The van der Waals surface area contributed by atoms with E-state index in [1.165, 1.54) is 5.56 Å². The Morgan fingerprint density at radius 2 is 1.45 bits per heavy atom. The van der Waals surface area contributed by atoms with Crippen LogP contribution in [-0.4, -0.2) is 18.3 Å². The largest absolute Gasteiger partial charge is 0.494 e. The summed E-state index contributed by atoms with van der Waals surface area (Å²) in [6.45, 7) is 12.6. The van der Waals surface area contributed by atoms with Crippen molar-refractivity contribution < 1.29 is 9.31 Å². The highest BCUT2D eigenvalue weighted by molar-refractivity contribution is 6.62. The molecule has 2 rings (SSSR count). The minimum Gasteiger partial charge on any atom is -0.399 e. The minimum atomic E-state index is -0.294. The van der Waals surface area contributed by atoms with E-state index in [-0.39, 0.29) is 18.3 Å². The number of allylic oxidation sites excluding steroid dienone is 3. The fourth-order valence-electron chi connectivity index (χ4n) is 2.20. The molecule has 0 saturated carbocycles. The van der Waals surface area contributed by atoms with Crippen LogP contribution >= 0.6 is 0 Å². The monoisotopic (exact) mass is 298 g/mol. The van der Waals surface area contributed by atoms with Gasteiger partial charge in [0.2, 0.25) is 0 Å². The van der Waals surface area contributed by atoms with Crippen molar-refractivity contribution in [3.63, 3.8) is 0 Å². The fourth-order valence-corrected chi connectivity index (χ4v) is 2.20. The van der Waals surface area contributed by atoms with Gasteiger partial charge in [-0.15, -0.1) is 0 Å². The van der Waals surface area contributed by atoms with Crippen molar-refractivity contribution in [2.75, 3.05) is 0 Å². The van der Waals surface area contributed by atoms with Gasteiger partial charge in [0.05, 0.1) is 11.2 Å². The van der Waals surface area contributed by atoms with E-state index in [0.29, 0.717) is 5.92 Å². The summed E-state index contributed by atoms with van der Waals surface area (Å²) in [4.78, 5) is 0. The molecule has 1 heterocycles. The minimum absolute atomic E-state index is 0.288. The lowest BCUT2D eigenvalue weighted by molar-refractivity contribution is 0.00578. The predicted molar refractivity (Wildman–Crippen MR) is 95.2 cm³/mol. The van der Waals surface area contributed by atoms with Crippen LogP contribution in [0.5, 0.6) is 0 Å². The molecule has 0 spiro atoms. The van der Waals surface area contributed by atoms with Gasteiger partial charge in [0, 0.05) is 0 Å². The molecule has 0 N–H and O–H groups in total. The molecular weight excluding hydrogens is 271 g/mol. The summed E-state index contributed by atoms with van der Waals surface area (Å²) < 4.78 is 12.1. The first-order valence-corrected chi connectivity index (χ1v) is 8.02. The van der Waals surface area contributed by atoms with Gasteiger partial charge in [-0.2, -0.15) is 0 Å². The molecule has 0 aliphatic carbocycles. The maximum Gasteiger partial charge on any atom is 0.494 e. The second-order valence-corrected chi connectivity index (χ2v) is 7.24. The van der Waals surface area contributed by atoms with Crippen molar-refractivity contribution >= 4 is 18.7 Å². The van der Waals surface area contributed by atoms with E-state index in [9.17, 15) is 0 Å². The lowest BCUT2D eigenvalue weighted by atomic mass is 9.79. The zero-order valence-electron chi connectivity index (χ0n) is 14.6. The first kappa shape index (κ1) is 17.0. The molecule has 3 heteroatoms. The Hall–Kier alpha value is -1.32. The summed E-state index contributed by atoms with van der Waals surface area (Å²) in [5.41, 5.74) is 1.65. The summed E-state index contributed by atoms with van der Waals surface area (Å²) in [7, 11) is -0.288. The zero-order chi connectivity index (χ0) is 16.4. The van der Waals surface area contributed by atoms with Crippen LogP contribution in [0, 0.1) is 5.92 Å². The van der Waals surface area contributed by atoms with Crippen LogP contribution in [0.4, 0.5) is 0 Å². The Bertz CT molecular complexity index is 537. The second kappa shape index (κ2) is 6.43. The van der Waals surface area contributed by atoms with Crippen molar-refractivity contribution in [1.82, 2.24) is 0 Å². The Kier molecular flexibility index (Phi) is 4.98. The average Bonchev–Trinajstić information content (AvgIpc) is 2.64. The van der Waals surface area contributed by atoms with E-state index in [4.69, 9.17) is 9.31 Å². The summed E-state index contributed by atoms with van der Waals surface area (Å²) in [6.07, 6.45) is 8.44. The van der Waals surface area contributed by atoms with Crippen LogP contribution in [0.2, 0.25) is 0 Å². The van der Waals surface area contributed by atoms with Gasteiger partial charge >= 0.3 is 7.12 Å². The summed E-state index contributed by atoms with van der Waals surface area (Å²) in [6, 6.07) is 8.35. The molecular formula is C19H27BO2. The number of benzene rings is 1. The van der Waals surface area contributed by atoms with Crippen molar-refractivity contribution in [3.8, 4) is 0 Å². The molecule has 1 aliphatic heterocycles. The third kappa shape index (κ3) is 3.90. The normalized spacial score (nSPS) is 20.6. The zero-order valence-corrected chi connectivity index (χ0v) is 14.6. The van der Waals surface area contributed by atoms with Crippen molar-refractivity contribution in [2.24, 2.45) is 5.92 Å². The molecule has 1 fully saturated rings. The standard InChI is InChI=1S/C19H27BO2/c1-15(2)9-7-8-10-16-11-13-17(14-12-16)20-21-18(3,4)19(5,6)22-20/h7-15H,1-6H3/b9-7+,10-8+. The van der Waals surface area contributed by atoms with Crippen LogP contribution in [0.15, 0.2) is 42.5 Å². The highest BCUT2D eigenvalue weighted by Crippen LogP contribution is 2.36. The highest BCUT2D eigenvalue weighted by atomic mass is 16.7. The predicted octanol–water partition coefficient (Wildman–Crippen LogP) is 4.21. The molecule has 0 bridgehead atoms. The first-order valence-electron chi connectivity index (χ1n) is 8.02. The Morgan fingerprint density at radius 1 is 0.909 bits per heavy atom. The lowest BCUT2D eigenvalue weighted by Crippen LogP contribution is -2.41.